The molecule has 8 heteroatoms. The van der Waals surface area contributed by atoms with Gasteiger partial charge < -0.3 is 4.74 Å². The van der Waals surface area contributed by atoms with E-state index in [4.69, 9.17) is 4.74 Å². The van der Waals surface area contributed by atoms with Crippen LogP contribution in [0.2, 0.25) is 0 Å². The molecule has 3 aliphatic rings. The molecule has 38 heavy (non-hydrogen) atoms. The Labute approximate surface area is 222 Å². The molecule has 3 aliphatic carbocycles. The fourth-order valence-corrected chi connectivity index (χ4v) is 6.53. The van der Waals surface area contributed by atoms with Crippen LogP contribution in [0.3, 0.4) is 0 Å². The van der Waals surface area contributed by atoms with Gasteiger partial charge >= 0.3 is 18.3 Å². The smallest absolute Gasteiger partial charge is 0.413 e. The third-order valence-corrected chi connectivity index (χ3v) is 8.65. The molecular weight excluding hydrogens is 506 g/mol. The zero-order valence-corrected chi connectivity index (χ0v) is 22.8. The standard InChI is InChI=1S/C30H38F6O2/c1-19-16-22(18-24(17-19)38-21(3)37)10-11-23-9-7-14-27(4)25(12-13-26(23)27)20(2)8-6-15-28(5,29(31,32)33)30(34,35)36/h10-12,19-20,24,26H,7-9,13-14,16-18H2,1-5H3/b22-10-,23-11+/t19-,20-,24+,26+,27-/m1/s1. The number of ether oxygens (including phenoxy) is 1. The average molecular weight is 545 g/mol. The number of alkyl halides is 6. The van der Waals surface area contributed by atoms with Crippen molar-refractivity contribution in [3.05, 3.63) is 34.9 Å². The Balaban J connectivity index is 1.75. The van der Waals surface area contributed by atoms with Crippen LogP contribution in [-0.4, -0.2) is 24.4 Å². The Hall–Kier alpha value is -2.17. The van der Waals surface area contributed by atoms with Gasteiger partial charge in [0.05, 0.1) is 0 Å². The topological polar surface area (TPSA) is 26.3 Å². The van der Waals surface area contributed by atoms with Gasteiger partial charge in [-0.05, 0) is 68.6 Å². The Morgan fingerprint density at radius 2 is 1.84 bits per heavy atom. The van der Waals surface area contributed by atoms with Crippen LogP contribution >= 0.6 is 0 Å². The molecule has 0 aromatic heterocycles. The van der Waals surface area contributed by atoms with Gasteiger partial charge in [-0.15, -0.1) is 5.92 Å². The Morgan fingerprint density at radius 1 is 1.18 bits per heavy atom. The van der Waals surface area contributed by atoms with Gasteiger partial charge in [0, 0.05) is 19.8 Å². The van der Waals surface area contributed by atoms with Crippen molar-refractivity contribution in [2.45, 2.75) is 104 Å². The van der Waals surface area contributed by atoms with Gasteiger partial charge in [-0.3, -0.25) is 4.79 Å². The predicted molar refractivity (Wildman–Crippen MR) is 135 cm³/mol. The number of halogens is 6. The fraction of sp³-hybridized carbons (Fsp3) is 0.700. The lowest BCUT2D eigenvalue weighted by Gasteiger charge is -2.42. The monoisotopic (exact) mass is 544 g/mol. The highest BCUT2D eigenvalue weighted by atomic mass is 19.4. The second-order valence-electron chi connectivity index (χ2n) is 11.8. The Morgan fingerprint density at radius 3 is 2.45 bits per heavy atom. The molecule has 0 amide bonds. The van der Waals surface area contributed by atoms with Crippen LogP contribution in [0, 0.1) is 40.4 Å². The highest BCUT2D eigenvalue weighted by Crippen LogP contribution is 2.57. The Bertz CT molecular complexity index is 1040. The molecule has 0 N–H and O–H groups in total. The van der Waals surface area contributed by atoms with E-state index >= 15 is 0 Å². The van der Waals surface area contributed by atoms with Crippen LogP contribution in [0.15, 0.2) is 34.9 Å². The van der Waals surface area contributed by atoms with Crippen molar-refractivity contribution >= 4 is 5.97 Å². The lowest BCUT2D eigenvalue weighted by molar-refractivity contribution is -0.310. The second-order valence-corrected chi connectivity index (χ2v) is 11.8. The summed E-state index contributed by atoms with van der Waals surface area (Å²) in [6.07, 6.45) is 1.48. The molecule has 0 heterocycles. The normalized spacial score (nSPS) is 31.3. The summed E-state index contributed by atoms with van der Waals surface area (Å²) < 4.78 is 84.6. The van der Waals surface area contributed by atoms with Crippen LogP contribution in [-0.2, 0) is 9.53 Å². The minimum absolute atomic E-state index is 0.0611. The molecule has 0 unspecified atom stereocenters. The summed E-state index contributed by atoms with van der Waals surface area (Å²) >= 11 is 0. The summed E-state index contributed by atoms with van der Waals surface area (Å²) in [6, 6.07) is 0. The van der Waals surface area contributed by atoms with Crippen molar-refractivity contribution in [1.29, 1.82) is 0 Å². The molecular formula is C30H38F6O2. The van der Waals surface area contributed by atoms with Gasteiger partial charge in [-0.25, -0.2) is 0 Å². The quantitative estimate of drug-likeness (QED) is 0.153. The Kier molecular flexibility index (Phi) is 8.90. The van der Waals surface area contributed by atoms with E-state index in [0.29, 0.717) is 5.92 Å². The molecule has 0 radical (unpaired) electrons. The van der Waals surface area contributed by atoms with E-state index in [2.05, 4.69) is 38.0 Å². The number of carbonyl (C=O) groups is 1. The molecule has 0 bridgehead atoms. The van der Waals surface area contributed by atoms with Crippen molar-refractivity contribution in [1.82, 2.24) is 0 Å². The zero-order valence-electron chi connectivity index (χ0n) is 22.8. The number of allylic oxidation sites excluding steroid dienone is 5. The van der Waals surface area contributed by atoms with Crippen molar-refractivity contribution in [3.8, 4) is 11.8 Å². The van der Waals surface area contributed by atoms with E-state index < -0.39 is 17.8 Å². The van der Waals surface area contributed by atoms with E-state index in [0.717, 1.165) is 50.5 Å². The van der Waals surface area contributed by atoms with Gasteiger partial charge in [0.2, 0.25) is 5.41 Å². The van der Waals surface area contributed by atoms with Crippen LogP contribution in [0.5, 0.6) is 0 Å². The highest BCUT2D eigenvalue weighted by molar-refractivity contribution is 5.66. The summed E-state index contributed by atoms with van der Waals surface area (Å²) in [6.45, 7) is 7.68. The van der Waals surface area contributed by atoms with Crippen molar-refractivity contribution < 1.29 is 35.9 Å². The van der Waals surface area contributed by atoms with E-state index in [9.17, 15) is 31.1 Å². The molecule has 0 aliphatic heterocycles. The number of carbonyl (C=O) groups excluding carboxylic acids is 1. The van der Waals surface area contributed by atoms with Crippen LogP contribution in [0.25, 0.3) is 0 Å². The van der Waals surface area contributed by atoms with Crippen molar-refractivity contribution in [2.24, 2.45) is 28.6 Å². The van der Waals surface area contributed by atoms with Crippen LogP contribution < -0.4 is 0 Å². The maximum Gasteiger partial charge on any atom is 0.413 e. The number of esters is 1. The fourth-order valence-electron chi connectivity index (χ4n) is 6.53. The molecule has 0 saturated heterocycles. The molecule has 5 atom stereocenters. The molecule has 2 nitrogen and oxygen atoms in total. The molecule has 2 saturated carbocycles. The lowest BCUT2D eigenvalue weighted by atomic mass is 9.62. The zero-order chi connectivity index (χ0) is 28.5. The third-order valence-electron chi connectivity index (χ3n) is 8.65. The summed E-state index contributed by atoms with van der Waals surface area (Å²) in [7, 11) is 0. The maximum absolute atomic E-state index is 13.2. The van der Waals surface area contributed by atoms with E-state index in [1.54, 1.807) is 0 Å². The van der Waals surface area contributed by atoms with Gasteiger partial charge in [0.15, 0.2) is 0 Å². The van der Waals surface area contributed by atoms with Crippen molar-refractivity contribution in [3.63, 3.8) is 0 Å². The second kappa shape index (κ2) is 11.1. The van der Waals surface area contributed by atoms with E-state index in [-0.39, 0.29) is 42.7 Å². The first-order valence-corrected chi connectivity index (χ1v) is 13.4. The lowest BCUT2D eigenvalue weighted by Crippen LogP contribution is -2.46. The van der Waals surface area contributed by atoms with E-state index in [1.807, 2.05) is 6.92 Å². The number of hydrogen-bond acceptors (Lipinski definition) is 2. The average Bonchev–Trinajstić information content (AvgIpc) is 3.12. The van der Waals surface area contributed by atoms with Gasteiger partial charge in [0.25, 0.3) is 0 Å². The SMILES string of the molecule is CC(=O)O[C@@H]1C/C(=C\C=C2/CCC[C@]3(C)C([C@H](C)CC#CC(C)(C(F)(F)F)C(F)(F)F)=CC[C@@H]23)C[C@@H](C)C1. The largest absolute Gasteiger partial charge is 0.462 e. The molecule has 2 fully saturated rings. The van der Waals surface area contributed by atoms with Crippen LogP contribution in [0.4, 0.5) is 26.3 Å². The molecule has 0 spiro atoms. The molecule has 212 valence electrons. The van der Waals surface area contributed by atoms with Gasteiger partial charge in [0.1, 0.15) is 6.10 Å². The minimum atomic E-state index is -5.50. The number of rotatable bonds is 4. The summed E-state index contributed by atoms with van der Waals surface area (Å²) in [5.74, 6) is 3.92. The number of fused-ring (bicyclic) bond motifs is 1. The first kappa shape index (κ1) is 30.4. The van der Waals surface area contributed by atoms with E-state index in [1.165, 1.54) is 24.0 Å². The summed E-state index contributed by atoms with van der Waals surface area (Å²) in [5, 5.41) is 0. The summed E-state index contributed by atoms with van der Waals surface area (Å²) in [5.41, 5.74) is -0.588. The number of hydrogen-bond donors (Lipinski definition) is 0. The van der Waals surface area contributed by atoms with Gasteiger partial charge in [-0.2, -0.15) is 26.3 Å². The minimum Gasteiger partial charge on any atom is -0.462 e. The predicted octanol–water partition coefficient (Wildman–Crippen LogP) is 8.89. The van der Waals surface area contributed by atoms with Crippen molar-refractivity contribution in [2.75, 3.05) is 0 Å². The van der Waals surface area contributed by atoms with Crippen LogP contribution in [0.1, 0.15) is 86.0 Å². The highest BCUT2D eigenvalue weighted by Gasteiger charge is 2.67. The van der Waals surface area contributed by atoms with Gasteiger partial charge in [-0.1, -0.05) is 61.6 Å². The maximum atomic E-state index is 13.2. The molecule has 0 aromatic carbocycles. The molecule has 0 aromatic rings. The first-order valence-electron chi connectivity index (χ1n) is 13.4. The first-order chi connectivity index (χ1) is 17.5. The molecule has 3 rings (SSSR count). The summed E-state index contributed by atoms with van der Waals surface area (Å²) in [4.78, 5) is 11.4. The third kappa shape index (κ3) is 6.34.